The number of hydrogen-bond acceptors (Lipinski definition) is 3. The van der Waals surface area contributed by atoms with Gasteiger partial charge >= 0.3 is 0 Å². The first-order valence-electron chi connectivity index (χ1n) is 6.52. The fourth-order valence-electron chi connectivity index (χ4n) is 2.50. The first kappa shape index (κ1) is 12.4. The highest BCUT2D eigenvalue weighted by Gasteiger charge is 2.18. The molecule has 0 aromatic heterocycles. The van der Waals surface area contributed by atoms with Crippen molar-refractivity contribution in [3.05, 3.63) is 29.8 Å². The van der Waals surface area contributed by atoms with Gasteiger partial charge in [-0.05, 0) is 31.0 Å². The second kappa shape index (κ2) is 6.03. The molecule has 0 spiro atoms. The number of hydrogen-bond donors (Lipinski definition) is 2. The average Bonchev–Trinajstić information content (AvgIpc) is 2.78. The zero-order valence-corrected chi connectivity index (χ0v) is 10.5. The van der Waals surface area contributed by atoms with Crippen LogP contribution in [0.3, 0.4) is 0 Å². The van der Waals surface area contributed by atoms with Crippen LogP contribution in [0.2, 0.25) is 0 Å². The van der Waals surface area contributed by atoms with Crippen LogP contribution in [0.1, 0.15) is 18.9 Å². The van der Waals surface area contributed by atoms with Gasteiger partial charge in [-0.15, -0.1) is 0 Å². The Labute approximate surface area is 103 Å². The third-order valence-corrected chi connectivity index (χ3v) is 3.44. The largest absolute Gasteiger partial charge is 0.395 e. The van der Waals surface area contributed by atoms with E-state index in [2.05, 4.69) is 41.4 Å². The van der Waals surface area contributed by atoms with Gasteiger partial charge in [-0.3, -0.25) is 0 Å². The summed E-state index contributed by atoms with van der Waals surface area (Å²) in [5.74, 6) is 0. The van der Waals surface area contributed by atoms with Crippen LogP contribution in [0.15, 0.2) is 24.3 Å². The fraction of sp³-hybridized carbons (Fsp3) is 0.571. The zero-order chi connectivity index (χ0) is 12.1. The summed E-state index contributed by atoms with van der Waals surface area (Å²) in [4.78, 5) is 2.43. The number of aliphatic hydroxyl groups excluding tert-OH is 1. The molecule has 2 rings (SSSR count). The minimum absolute atomic E-state index is 0.226. The highest BCUT2D eigenvalue weighted by molar-refractivity contribution is 5.57. The molecule has 1 aliphatic heterocycles. The molecule has 0 radical (unpaired) electrons. The lowest BCUT2D eigenvalue weighted by Gasteiger charge is -2.22. The van der Waals surface area contributed by atoms with Crippen molar-refractivity contribution in [2.75, 3.05) is 31.1 Å². The molecule has 0 aliphatic carbocycles. The first-order chi connectivity index (χ1) is 8.35. The van der Waals surface area contributed by atoms with E-state index in [-0.39, 0.29) is 12.6 Å². The number of para-hydroxylation sites is 1. The quantitative estimate of drug-likeness (QED) is 0.781. The van der Waals surface area contributed by atoms with Crippen LogP contribution in [0.25, 0.3) is 0 Å². The summed E-state index contributed by atoms with van der Waals surface area (Å²) >= 11 is 0. The van der Waals surface area contributed by atoms with Gasteiger partial charge in [-0.1, -0.05) is 25.1 Å². The third-order valence-electron chi connectivity index (χ3n) is 3.44. The van der Waals surface area contributed by atoms with Crippen molar-refractivity contribution in [3.8, 4) is 0 Å². The van der Waals surface area contributed by atoms with Crippen molar-refractivity contribution in [1.82, 2.24) is 5.32 Å². The molecule has 2 N–H and O–H groups in total. The van der Waals surface area contributed by atoms with Gasteiger partial charge in [0.05, 0.1) is 6.61 Å². The normalized spacial score (nSPS) is 16.0. The number of nitrogens with zero attached hydrogens (tertiary/aromatic N) is 1. The van der Waals surface area contributed by atoms with Gasteiger partial charge in [0.2, 0.25) is 0 Å². The lowest BCUT2D eigenvalue weighted by molar-refractivity contribution is 0.238. The Hall–Kier alpha value is -1.06. The summed E-state index contributed by atoms with van der Waals surface area (Å²) in [6.07, 6.45) is 2.15. The minimum Gasteiger partial charge on any atom is -0.395 e. The SMILES string of the molecule is CCNC(CO)CCN1CCc2ccccc21. The highest BCUT2D eigenvalue weighted by Crippen LogP contribution is 2.27. The van der Waals surface area contributed by atoms with Crippen LogP contribution < -0.4 is 10.2 Å². The van der Waals surface area contributed by atoms with Crippen LogP contribution in [0.5, 0.6) is 0 Å². The van der Waals surface area contributed by atoms with Crippen molar-refractivity contribution in [1.29, 1.82) is 0 Å². The van der Waals surface area contributed by atoms with E-state index in [0.29, 0.717) is 0 Å². The first-order valence-corrected chi connectivity index (χ1v) is 6.52. The summed E-state index contributed by atoms with van der Waals surface area (Å²) in [5, 5.41) is 12.5. The Kier molecular flexibility index (Phi) is 4.40. The lowest BCUT2D eigenvalue weighted by Crippen LogP contribution is -2.36. The van der Waals surface area contributed by atoms with E-state index < -0.39 is 0 Å². The number of likely N-dealkylation sites (N-methyl/N-ethyl adjacent to an activating group) is 1. The van der Waals surface area contributed by atoms with Crippen LogP contribution in [0.4, 0.5) is 5.69 Å². The molecule has 1 aromatic rings. The number of fused-ring (bicyclic) bond motifs is 1. The maximum atomic E-state index is 9.25. The Morgan fingerprint density at radius 1 is 1.41 bits per heavy atom. The summed E-state index contributed by atoms with van der Waals surface area (Å²) in [5.41, 5.74) is 2.83. The van der Waals surface area contributed by atoms with E-state index in [9.17, 15) is 5.11 Å². The molecule has 0 saturated carbocycles. The van der Waals surface area contributed by atoms with E-state index in [0.717, 1.165) is 32.5 Å². The van der Waals surface area contributed by atoms with Crippen LogP contribution >= 0.6 is 0 Å². The van der Waals surface area contributed by atoms with Gasteiger partial charge < -0.3 is 15.3 Å². The van der Waals surface area contributed by atoms with Crippen molar-refractivity contribution >= 4 is 5.69 Å². The summed E-state index contributed by atoms with van der Waals surface area (Å²) < 4.78 is 0. The lowest BCUT2D eigenvalue weighted by atomic mass is 10.1. The molecule has 1 heterocycles. The van der Waals surface area contributed by atoms with Crippen LogP contribution in [0, 0.1) is 0 Å². The average molecular weight is 234 g/mol. The van der Waals surface area contributed by atoms with Gasteiger partial charge in [0.25, 0.3) is 0 Å². The smallest absolute Gasteiger partial charge is 0.0585 e. The molecular weight excluding hydrogens is 212 g/mol. The Morgan fingerprint density at radius 3 is 3.00 bits per heavy atom. The van der Waals surface area contributed by atoms with E-state index in [4.69, 9.17) is 0 Å². The van der Waals surface area contributed by atoms with E-state index in [1.807, 2.05) is 0 Å². The molecule has 3 heteroatoms. The van der Waals surface area contributed by atoms with Gasteiger partial charge in [-0.2, -0.15) is 0 Å². The van der Waals surface area contributed by atoms with Crippen LogP contribution in [-0.2, 0) is 6.42 Å². The maximum absolute atomic E-state index is 9.25. The number of anilines is 1. The van der Waals surface area contributed by atoms with E-state index >= 15 is 0 Å². The summed E-state index contributed by atoms with van der Waals surface area (Å²) in [6, 6.07) is 8.85. The fourth-order valence-corrected chi connectivity index (χ4v) is 2.50. The molecule has 94 valence electrons. The second-order valence-corrected chi connectivity index (χ2v) is 4.59. The maximum Gasteiger partial charge on any atom is 0.0585 e. The van der Waals surface area contributed by atoms with Crippen molar-refractivity contribution < 1.29 is 5.11 Å². The standard InChI is InChI=1S/C14H22N2O/c1-2-15-13(11-17)8-10-16-9-7-12-5-3-4-6-14(12)16/h3-6,13,15,17H,2,7-11H2,1H3. The molecule has 1 aromatic carbocycles. The monoisotopic (exact) mass is 234 g/mol. The molecule has 1 unspecified atom stereocenters. The molecule has 0 fully saturated rings. The second-order valence-electron chi connectivity index (χ2n) is 4.59. The van der Waals surface area contributed by atoms with Crippen molar-refractivity contribution in [2.24, 2.45) is 0 Å². The zero-order valence-electron chi connectivity index (χ0n) is 10.5. The van der Waals surface area contributed by atoms with Gasteiger partial charge in [0.1, 0.15) is 0 Å². The Balaban J connectivity index is 1.89. The molecule has 1 atom stereocenters. The number of benzene rings is 1. The number of aliphatic hydroxyl groups is 1. The molecule has 3 nitrogen and oxygen atoms in total. The molecule has 17 heavy (non-hydrogen) atoms. The third kappa shape index (κ3) is 2.99. The summed E-state index contributed by atoms with van der Waals surface area (Å²) in [7, 11) is 0. The van der Waals surface area contributed by atoms with Gasteiger partial charge in [0, 0.05) is 24.8 Å². The number of rotatable bonds is 6. The topological polar surface area (TPSA) is 35.5 Å². The molecule has 1 aliphatic rings. The van der Waals surface area contributed by atoms with Gasteiger partial charge in [-0.25, -0.2) is 0 Å². The summed E-state index contributed by atoms with van der Waals surface area (Å²) in [6.45, 7) is 5.36. The van der Waals surface area contributed by atoms with Crippen LogP contribution in [-0.4, -0.2) is 37.4 Å². The molecular formula is C14H22N2O. The molecule has 0 saturated heterocycles. The van der Waals surface area contributed by atoms with E-state index in [1.165, 1.54) is 11.3 Å². The molecule has 0 bridgehead atoms. The molecule has 0 amide bonds. The van der Waals surface area contributed by atoms with E-state index in [1.54, 1.807) is 0 Å². The predicted octanol–water partition coefficient (Wildman–Crippen LogP) is 1.41. The number of nitrogens with one attached hydrogen (secondary N) is 1. The highest BCUT2D eigenvalue weighted by atomic mass is 16.3. The predicted molar refractivity (Wildman–Crippen MR) is 71.5 cm³/mol. The minimum atomic E-state index is 0.226. The van der Waals surface area contributed by atoms with Crippen molar-refractivity contribution in [2.45, 2.75) is 25.8 Å². The van der Waals surface area contributed by atoms with Gasteiger partial charge in [0.15, 0.2) is 0 Å². The Morgan fingerprint density at radius 2 is 2.24 bits per heavy atom. The van der Waals surface area contributed by atoms with Crippen molar-refractivity contribution in [3.63, 3.8) is 0 Å². The Bertz CT molecular complexity index is 354.